The van der Waals surface area contributed by atoms with Crippen LogP contribution in [-0.4, -0.2) is 21.7 Å². The zero-order chi connectivity index (χ0) is 19.9. The van der Waals surface area contributed by atoms with E-state index in [0.29, 0.717) is 17.5 Å². The third-order valence-electron chi connectivity index (χ3n) is 4.95. The number of nitrogens with one attached hydrogen (secondary N) is 1. The summed E-state index contributed by atoms with van der Waals surface area (Å²) in [5, 5.41) is 11.4. The van der Waals surface area contributed by atoms with Crippen molar-refractivity contribution in [1.29, 1.82) is 0 Å². The van der Waals surface area contributed by atoms with Crippen molar-refractivity contribution in [1.82, 2.24) is 15.2 Å². The Labute approximate surface area is 160 Å². The normalized spacial score (nSPS) is 14.6. The number of halogens is 3. The smallest absolute Gasteiger partial charge is 0.402 e. The largest absolute Gasteiger partial charge is 0.418 e. The fourth-order valence-corrected chi connectivity index (χ4v) is 3.26. The van der Waals surface area contributed by atoms with Gasteiger partial charge in [0.2, 0.25) is 0 Å². The summed E-state index contributed by atoms with van der Waals surface area (Å²) in [5.74, 6) is 0.320. The predicted molar refractivity (Wildman–Crippen MR) is 100 cm³/mol. The van der Waals surface area contributed by atoms with E-state index in [9.17, 15) is 13.2 Å². The summed E-state index contributed by atoms with van der Waals surface area (Å²) in [6.45, 7) is 4.53. The van der Waals surface area contributed by atoms with E-state index in [1.165, 1.54) is 6.07 Å². The van der Waals surface area contributed by atoms with E-state index in [4.69, 9.17) is 4.42 Å². The average Bonchev–Trinajstić information content (AvgIpc) is 3.39. The zero-order valence-electron chi connectivity index (χ0n) is 15.7. The summed E-state index contributed by atoms with van der Waals surface area (Å²) in [7, 11) is 0. The second-order valence-corrected chi connectivity index (χ2v) is 7.25. The molecule has 1 aliphatic rings. The quantitative estimate of drug-likeness (QED) is 0.547. The fourth-order valence-electron chi connectivity index (χ4n) is 3.26. The van der Waals surface area contributed by atoms with E-state index in [1.54, 1.807) is 13.0 Å². The van der Waals surface area contributed by atoms with Gasteiger partial charge in [-0.25, -0.2) is 4.98 Å². The maximum Gasteiger partial charge on any atom is 0.418 e. The van der Waals surface area contributed by atoms with Crippen LogP contribution in [0, 0.1) is 6.92 Å². The monoisotopic (exact) mass is 390 g/mol. The van der Waals surface area contributed by atoms with Crippen LogP contribution in [0.3, 0.4) is 0 Å². The van der Waals surface area contributed by atoms with E-state index >= 15 is 0 Å². The fraction of sp³-hybridized carbons (Fsp3) is 0.450. The number of hydrogen-bond donors (Lipinski definition) is 1. The van der Waals surface area contributed by atoms with E-state index in [2.05, 4.69) is 27.4 Å². The Morgan fingerprint density at radius 2 is 1.96 bits per heavy atom. The van der Waals surface area contributed by atoms with Crippen LogP contribution in [-0.2, 0) is 6.18 Å². The number of nitrogens with zero attached hydrogens (tertiary/aromatic N) is 3. The SMILES string of the molecule is CCCCNc1nnc(-c2cc(C)c3cc(C4CC4)cc(C(F)(F)F)c3n2)o1. The molecule has 2 heterocycles. The molecule has 1 N–H and O–H groups in total. The molecule has 0 unspecified atom stereocenters. The third kappa shape index (κ3) is 3.68. The number of fused-ring (bicyclic) bond motifs is 1. The molecule has 2 aromatic heterocycles. The minimum Gasteiger partial charge on any atom is -0.402 e. The molecule has 5 nitrogen and oxygen atoms in total. The first-order valence-corrected chi connectivity index (χ1v) is 9.47. The van der Waals surface area contributed by atoms with Gasteiger partial charge in [-0.15, -0.1) is 5.10 Å². The summed E-state index contributed by atoms with van der Waals surface area (Å²) >= 11 is 0. The Kier molecular flexibility index (Phi) is 4.72. The Balaban J connectivity index is 1.78. The van der Waals surface area contributed by atoms with Crippen molar-refractivity contribution in [3.8, 4) is 11.6 Å². The van der Waals surface area contributed by atoms with Crippen LogP contribution in [0.5, 0.6) is 0 Å². The molecule has 1 saturated carbocycles. The molecule has 0 amide bonds. The van der Waals surface area contributed by atoms with Crippen LogP contribution < -0.4 is 5.32 Å². The third-order valence-corrected chi connectivity index (χ3v) is 4.95. The first kappa shape index (κ1) is 18.7. The molecule has 0 radical (unpaired) electrons. The lowest BCUT2D eigenvalue weighted by Crippen LogP contribution is -2.08. The van der Waals surface area contributed by atoms with Crippen LogP contribution in [0.15, 0.2) is 22.6 Å². The molecule has 0 aliphatic heterocycles. The van der Waals surface area contributed by atoms with Crippen molar-refractivity contribution in [2.75, 3.05) is 11.9 Å². The van der Waals surface area contributed by atoms with Crippen LogP contribution in [0.25, 0.3) is 22.5 Å². The minimum atomic E-state index is -4.48. The van der Waals surface area contributed by atoms with Gasteiger partial charge in [0.05, 0.1) is 11.1 Å². The maximum atomic E-state index is 13.7. The molecule has 0 bridgehead atoms. The summed E-state index contributed by atoms with van der Waals surface area (Å²) < 4.78 is 46.7. The molecule has 28 heavy (non-hydrogen) atoms. The lowest BCUT2D eigenvalue weighted by molar-refractivity contribution is -0.136. The van der Waals surface area contributed by atoms with Gasteiger partial charge < -0.3 is 9.73 Å². The van der Waals surface area contributed by atoms with E-state index < -0.39 is 11.7 Å². The lowest BCUT2D eigenvalue weighted by Gasteiger charge is -2.14. The van der Waals surface area contributed by atoms with Gasteiger partial charge in [-0.2, -0.15) is 13.2 Å². The van der Waals surface area contributed by atoms with Crippen LogP contribution >= 0.6 is 0 Å². The number of unbranched alkanes of at least 4 members (excludes halogenated alkanes) is 1. The van der Waals surface area contributed by atoms with Crippen molar-refractivity contribution in [3.63, 3.8) is 0 Å². The Morgan fingerprint density at radius 3 is 2.64 bits per heavy atom. The second kappa shape index (κ2) is 7.07. The van der Waals surface area contributed by atoms with Crippen molar-refractivity contribution in [2.24, 2.45) is 0 Å². The zero-order valence-corrected chi connectivity index (χ0v) is 15.7. The number of rotatable bonds is 6. The number of alkyl halides is 3. The van der Waals surface area contributed by atoms with Gasteiger partial charge in [0.25, 0.3) is 5.89 Å². The Bertz CT molecular complexity index is 1010. The highest BCUT2D eigenvalue weighted by atomic mass is 19.4. The van der Waals surface area contributed by atoms with Gasteiger partial charge in [0.15, 0.2) is 0 Å². The molecular formula is C20H21F3N4O. The van der Waals surface area contributed by atoms with E-state index in [0.717, 1.165) is 31.2 Å². The first-order valence-electron chi connectivity index (χ1n) is 9.47. The predicted octanol–water partition coefficient (Wildman–Crippen LogP) is 5.70. The molecular weight excluding hydrogens is 369 g/mol. The van der Waals surface area contributed by atoms with Gasteiger partial charge in [-0.1, -0.05) is 18.4 Å². The van der Waals surface area contributed by atoms with E-state index in [-0.39, 0.29) is 29.0 Å². The summed E-state index contributed by atoms with van der Waals surface area (Å²) in [6, 6.07) is 5.01. The Hall–Kier alpha value is -2.64. The molecule has 1 fully saturated rings. The minimum absolute atomic E-state index is 0.0782. The van der Waals surface area contributed by atoms with Gasteiger partial charge in [0, 0.05) is 11.9 Å². The van der Waals surface area contributed by atoms with Crippen molar-refractivity contribution in [2.45, 2.75) is 51.6 Å². The highest BCUT2D eigenvalue weighted by Gasteiger charge is 2.36. The average molecular weight is 390 g/mol. The summed E-state index contributed by atoms with van der Waals surface area (Å²) in [6.07, 6.45) is -0.652. The van der Waals surface area contributed by atoms with Crippen LogP contribution in [0.2, 0.25) is 0 Å². The van der Waals surface area contributed by atoms with Gasteiger partial charge >= 0.3 is 12.2 Å². The molecule has 1 aliphatic carbocycles. The summed E-state index contributed by atoms with van der Waals surface area (Å²) in [5.41, 5.74) is 0.887. The number of anilines is 1. The van der Waals surface area contributed by atoms with Crippen molar-refractivity contribution in [3.05, 3.63) is 34.9 Å². The Morgan fingerprint density at radius 1 is 1.18 bits per heavy atom. The standard InChI is InChI=1S/C20H21F3N4O/c1-3-4-7-24-19-27-26-18(28-19)16-8-11(2)14-9-13(12-5-6-12)10-15(17(14)25-16)20(21,22)23/h8-10,12H,3-7H2,1-2H3,(H,24,27). The first-order chi connectivity index (χ1) is 13.4. The van der Waals surface area contributed by atoms with Gasteiger partial charge in [0.1, 0.15) is 5.69 Å². The molecule has 1 aromatic carbocycles. The molecule has 8 heteroatoms. The topological polar surface area (TPSA) is 63.8 Å². The highest BCUT2D eigenvalue weighted by Crippen LogP contribution is 2.45. The number of aromatic nitrogens is 3. The molecule has 4 rings (SSSR count). The van der Waals surface area contributed by atoms with E-state index in [1.807, 2.05) is 6.07 Å². The number of aryl methyl sites for hydroxylation is 1. The second-order valence-electron chi connectivity index (χ2n) is 7.25. The molecule has 3 aromatic rings. The lowest BCUT2D eigenvalue weighted by atomic mass is 9.98. The molecule has 0 atom stereocenters. The molecule has 0 spiro atoms. The molecule has 148 valence electrons. The van der Waals surface area contributed by atoms with Crippen LogP contribution in [0.1, 0.15) is 55.2 Å². The molecule has 0 saturated heterocycles. The number of hydrogen-bond acceptors (Lipinski definition) is 5. The van der Waals surface area contributed by atoms with Gasteiger partial charge in [-0.3, -0.25) is 0 Å². The number of benzene rings is 1. The highest BCUT2D eigenvalue weighted by molar-refractivity contribution is 5.88. The summed E-state index contributed by atoms with van der Waals surface area (Å²) in [4.78, 5) is 4.26. The van der Waals surface area contributed by atoms with Crippen LogP contribution in [0.4, 0.5) is 19.2 Å². The van der Waals surface area contributed by atoms with Crippen molar-refractivity contribution >= 4 is 16.9 Å². The maximum absolute atomic E-state index is 13.7. The van der Waals surface area contributed by atoms with Crippen molar-refractivity contribution < 1.29 is 17.6 Å². The number of pyridine rings is 1. The van der Waals surface area contributed by atoms with Gasteiger partial charge in [-0.05, 0) is 61.4 Å².